The number of hydrogen-bond acceptors (Lipinski definition) is 3. The number of amides is 1. The molecule has 0 spiro atoms. The molecule has 3 unspecified atom stereocenters. The fourth-order valence-corrected chi connectivity index (χ4v) is 4.87. The highest BCUT2D eigenvalue weighted by Gasteiger charge is 2.53. The minimum atomic E-state index is -0.833. The van der Waals surface area contributed by atoms with Crippen LogP contribution in [0.2, 0.25) is 0 Å². The van der Waals surface area contributed by atoms with E-state index in [9.17, 15) is 14.7 Å². The maximum absolute atomic E-state index is 13.1. The molecule has 5 nitrogen and oxygen atoms in total. The van der Waals surface area contributed by atoms with Crippen molar-refractivity contribution in [3.8, 4) is 0 Å². The van der Waals surface area contributed by atoms with Gasteiger partial charge in [-0.05, 0) is 37.5 Å². The highest BCUT2D eigenvalue weighted by Crippen LogP contribution is 2.45. The lowest BCUT2D eigenvalue weighted by Crippen LogP contribution is -2.53. The van der Waals surface area contributed by atoms with E-state index in [1.807, 2.05) is 0 Å². The molecular formula is C16H26N2O3. The molecule has 0 aromatic heterocycles. The lowest BCUT2D eigenvalue weighted by Gasteiger charge is -2.39. The van der Waals surface area contributed by atoms with E-state index >= 15 is 0 Å². The van der Waals surface area contributed by atoms with Gasteiger partial charge in [-0.15, -0.1) is 0 Å². The van der Waals surface area contributed by atoms with Crippen molar-refractivity contribution >= 4 is 11.9 Å². The molecule has 1 saturated heterocycles. The quantitative estimate of drug-likeness (QED) is 0.828. The molecule has 1 heterocycles. The third kappa shape index (κ3) is 2.35. The van der Waals surface area contributed by atoms with Gasteiger partial charge in [0.1, 0.15) is 6.04 Å². The molecule has 0 aromatic carbocycles. The maximum Gasteiger partial charge on any atom is 0.326 e. The first-order valence-corrected chi connectivity index (χ1v) is 8.33. The number of nitrogens with two attached hydrogens (primary N) is 1. The van der Waals surface area contributed by atoms with E-state index in [-0.39, 0.29) is 11.8 Å². The molecule has 3 fully saturated rings. The Hall–Kier alpha value is -1.10. The van der Waals surface area contributed by atoms with E-state index in [1.165, 1.54) is 0 Å². The average Bonchev–Trinajstić information content (AvgIpc) is 3.06. The Morgan fingerprint density at radius 1 is 1.14 bits per heavy atom. The van der Waals surface area contributed by atoms with Crippen molar-refractivity contribution in [1.29, 1.82) is 0 Å². The van der Waals surface area contributed by atoms with E-state index in [2.05, 4.69) is 0 Å². The topological polar surface area (TPSA) is 83.6 Å². The van der Waals surface area contributed by atoms with Crippen LogP contribution in [0.25, 0.3) is 0 Å². The number of rotatable bonds is 3. The second-order valence-corrected chi connectivity index (χ2v) is 7.14. The number of likely N-dealkylation sites (tertiary alicyclic amines) is 1. The largest absolute Gasteiger partial charge is 0.480 e. The Morgan fingerprint density at radius 2 is 1.86 bits per heavy atom. The number of carboxylic acid groups (broad SMARTS) is 1. The smallest absolute Gasteiger partial charge is 0.326 e. The van der Waals surface area contributed by atoms with E-state index in [0.717, 1.165) is 51.4 Å². The minimum Gasteiger partial charge on any atom is -0.480 e. The Morgan fingerprint density at radius 3 is 2.48 bits per heavy atom. The molecule has 118 valence electrons. The second kappa shape index (κ2) is 5.59. The van der Waals surface area contributed by atoms with Gasteiger partial charge in [0, 0.05) is 13.1 Å². The predicted octanol–water partition coefficient (Wildman–Crippen LogP) is 1.61. The third-order valence-corrected chi connectivity index (χ3v) is 6.06. The van der Waals surface area contributed by atoms with E-state index in [0.29, 0.717) is 19.0 Å². The Bertz CT molecular complexity index is 431. The molecule has 21 heavy (non-hydrogen) atoms. The fourth-order valence-electron chi connectivity index (χ4n) is 4.87. The molecule has 1 amide bonds. The van der Waals surface area contributed by atoms with Crippen LogP contribution in [0.1, 0.15) is 51.4 Å². The van der Waals surface area contributed by atoms with Crippen LogP contribution in [0.15, 0.2) is 0 Å². The van der Waals surface area contributed by atoms with E-state index in [4.69, 9.17) is 5.73 Å². The number of nitrogens with zero attached hydrogens (tertiary/aromatic N) is 1. The summed E-state index contributed by atoms with van der Waals surface area (Å²) in [6.07, 6.45) is 7.96. The number of carboxylic acids is 1. The highest BCUT2D eigenvalue weighted by atomic mass is 16.4. The summed E-state index contributed by atoms with van der Waals surface area (Å²) < 4.78 is 0. The Balaban J connectivity index is 1.84. The van der Waals surface area contributed by atoms with E-state index < -0.39 is 17.4 Å². The molecule has 0 radical (unpaired) electrons. The first-order valence-electron chi connectivity index (χ1n) is 8.33. The summed E-state index contributed by atoms with van der Waals surface area (Å²) in [4.78, 5) is 26.5. The number of hydrogen-bond donors (Lipinski definition) is 2. The zero-order chi connectivity index (χ0) is 15.0. The number of aliphatic carboxylic acids is 1. The van der Waals surface area contributed by atoms with Gasteiger partial charge in [0.05, 0.1) is 5.41 Å². The van der Waals surface area contributed by atoms with Crippen molar-refractivity contribution in [2.45, 2.75) is 57.4 Å². The predicted molar refractivity (Wildman–Crippen MR) is 78.5 cm³/mol. The lowest BCUT2D eigenvalue weighted by molar-refractivity contribution is -0.155. The van der Waals surface area contributed by atoms with Crippen molar-refractivity contribution in [1.82, 2.24) is 4.90 Å². The van der Waals surface area contributed by atoms with Gasteiger partial charge in [-0.25, -0.2) is 4.79 Å². The van der Waals surface area contributed by atoms with Crippen LogP contribution in [-0.2, 0) is 9.59 Å². The van der Waals surface area contributed by atoms with Gasteiger partial charge in [0.15, 0.2) is 0 Å². The first kappa shape index (κ1) is 14.8. The van der Waals surface area contributed by atoms with Gasteiger partial charge in [0.25, 0.3) is 0 Å². The lowest BCUT2D eigenvalue weighted by atomic mass is 9.73. The molecular weight excluding hydrogens is 268 g/mol. The standard InChI is InChI=1S/C16H26N2O3/c17-10-16(7-2-1-3-8-16)15(21)18-9-11-5-4-6-12(11)13(18)14(19)20/h11-13H,1-10,17H2,(H,19,20). The molecule has 5 heteroatoms. The van der Waals surface area contributed by atoms with Crippen LogP contribution in [0.4, 0.5) is 0 Å². The third-order valence-electron chi connectivity index (χ3n) is 6.06. The Kier molecular flexibility index (Phi) is 3.95. The highest BCUT2D eigenvalue weighted by molar-refractivity contribution is 5.88. The van der Waals surface area contributed by atoms with Crippen LogP contribution < -0.4 is 5.73 Å². The number of carbonyl (C=O) groups is 2. The zero-order valence-corrected chi connectivity index (χ0v) is 12.6. The molecule has 1 aliphatic heterocycles. The van der Waals surface area contributed by atoms with Crippen molar-refractivity contribution in [2.24, 2.45) is 23.0 Å². The molecule has 2 saturated carbocycles. The van der Waals surface area contributed by atoms with E-state index in [1.54, 1.807) is 4.90 Å². The SMILES string of the molecule is NCC1(C(=O)N2CC3CCCC3C2C(=O)O)CCCCC1. The first-order chi connectivity index (χ1) is 10.1. The summed E-state index contributed by atoms with van der Waals surface area (Å²) in [5.41, 5.74) is 5.45. The van der Waals surface area contributed by atoms with Crippen molar-refractivity contribution < 1.29 is 14.7 Å². The molecule has 3 N–H and O–H groups in total. The van der Waals surface area contributed by atoms with Gasteiger partial charge < -0.3 is 15.7 Å². The van der Waals surface area contributed by atoms with Crippen molar-refractivity contribution in [3.63, 3.8) is 0 Å². The molecule has 3 atom stereocenters. The van der Waals surface area contributed by atoms with Gasteiger partial charge >= 0.3 is 5.97 Å². The van der Waals surface area contributed by atoms with Crippen LogP contribution in [0, 0.1) is 17.3 Å². The van der Waals surface area contributed by atoms with Crippen LogP contribution in [0.3, 0.4) is 0 Å². The van der Waals surface area contributed by atoms with Gasteiger partial charge in [-0.3, -0.25) is 4.79 Å². The molecule has 3 rings (SSSR count). The van der Waals surface area contributed by atoms with Crippen LogP contribution >= 0.6 is 0 Å². The monoisotopic (exact) mass is 294 g/mol. The van der Waals surface area contributed by atoms with Crippen LogP contribution in [0.5, 0.6) is 0 Å². The van der Waals surface area contributed by atoms with Crippen LogP contribution in [-0.4, -0.2) is 41.0 Å². The number of fused-ring (bicyclic) bond motifs is 1. The summed E-state index contributed by atoms with van der Waals surface area (Å²) in [6.45, 7) is 0.978. The van der Waals surface area contributed by atoms with Gasteiger partial charge in [-0.2, -0.15) is 0 Å². The summed E-state index contributed by atoms with van der Waals surface area (Å²) in [7, 11) is 0. The Labute approximate surface area is 125 Å². The van der Waals surface area contributed by atoms with Gasteiger partial charge in [-0.1, -0.05) is 25.7 Å². The second-order valence-electron chi connectivity index (χ2n) is 7.14. The fraction of sp³-hybridized carbons (Fsp3) is 0.875. The summed E-state index contributed by atoms with van der Waals surface area (Å²) in [5, 5.41) is 9.61. The maximum atomic E-state index is 13.1. The molecule has 2 aliphatic carbocycles. The molecule has 0 aromatic rings. The van der Waals surface area contributed by atoms with Gasteiger partial charge in [0.2, 0.25) is 5.91 Å². The molecule has 0 bridgehead atoms. The summed E-state index contributed by atoms with van der Waals surface area (Å²) in [6, 6.07) is -0.615. The summed E-state index contributed by atoms with van der Waals surface area (Å²) >= 11 is 0. The van der Waals surface area contributed by atoms with Crippen molar-refractivity contribution in [2.75, 3.05) is 13.1 Å². The molecule has 3 aliphatic rings. The minimum absolute atomic E-state index is 0.0199. The summed E-state index contributed by atoms with van der Waals surface area (Å²) in [5.74, 6) is -0.273. The number of carbonyl (C=O) groups excluding carboxylic acids is 1. The van der Waals surface area contributed by atoms with Crippen molar-refractivity contribution in [3.05, 3.63) is 0 Å². The zero-order valence-electron chi connectivity index (χ0n) is 12.6. The normalized spacial score (nSPS) is 34.7. The average molecular weight is 294 g/mol.